The fourth-order valence-electron chi connectivity index (χ4n) is 2.39. The Hall–Kier alpha value is -1.02. The average molecular weight is 247 g/mol. The first kappa shape index (κ1) is 13.4. The van der Waals surface area contributed by atoms with Gasteiger partial charge in [-0.2, -0.15) is 0 Å². The number of nitrogens with one attached hydrogen (secondary N) is 1. The van der Waals surface area contributed by atoms with Crippen molar-refractivity contribution in [3.63, 3.8) is 0 Å². The normalized spacial score (nSPS) is 13.7. The molecule has 2 nitrogen and oxygen atoms in total. The molecule has 0 unspecified atom stereocenters. The second-order valence-electron chi connectivity index (χ2n) is 5.61. The van der Waals surface area contributed by atoms with E-state index in [1.54, 1.807) is 0 Å². The average Bonchev–Trinajstić information content (AvgIpc) is 2.80. The molecule has 2 rings (SSSR count). The molecule has 1 N–H and O–H groups in total. The number of hydrogen-bond acceptors (Lipinski definition) is 2. The Bertz CT molecular complexity index is 373. The predicted molar refractivity (Wildman–Crippen MR) is 76.0 cm³/mol. The van der Waals surface area contributed by atoms with Crippen molar-refractivity contribution in [2.75, 3.05) is 13.2 Å². The SMILES string of the molecule is CC(C)CCCCNCc1ccc2c(c1)CCO2. The second kappa shape index (κ2) is 6.79. The zero-order chi connectivity index (χ0) is 12.8. The smallest absolute Gasteiger partial charge is 0.122 e. The van der Waals surface area contributed by atoms with Crippen LogP contribution in [0.3, 0.4) is 0 Å². The van der Waals surface area contributed by atoms with Gasteiger partial charge in [-0.3, -0.25) is 0 Å². The van der Waals surface area contributed by atoms with E-state index in [1.165, 1.54) is 30.4 Å². The van der Waals surface area contributed by atoms with Crippen LogP contribution in [0.4, 0.5) is 0 Å². The molecule has 0 bridgehead atoms. The minimum absolute atomic E-state index is 0.835. The number of unbranched alkanes of at least 4 members (excludes halogenated alkanes) is 1. The van der Waals surface area contributed by atoms with Crippen LogP contribution >= 0.6 is 0 Å². The molecule has 1 heterocycles. The first-order valence-electron chi connectivity index (χ1n) is 7.21. The maximum atomic E-state index is 5.51. The molecule has 18 heavy (non-hydrogen) atoms. The number of rotatable bonds is 7. The number of benzene rings is 1. The van der Waals surface area contributed by atoms with Gasteiger partial charge in [0.15, 0.2) is 0 Å². The summed E-state index contributed by atoms with van der Waals surface area (Å²) in [4.78, 5) is 0. The van der Waals surface area contributed by atoms with Crippen molar-refractivity contribution in [3.05, 3.63) is 29.3 Å². The molecule has 1 aliphatic heterocycles. The standard InChI is InChI=1S/C16H25NO/c1-13(2)5-3-4-9-17-12-14-6-7-16-15(11-14)8-10-18-16/h6-7,11,13,17H,3-5,8-10,12H2,1-2H3. The van der Waals surface area contributed by atoms with Gasteiger partial charge in [0.2, 0.25) is 0 Å². The van der Waals surface area contributed by atoms with Crippen LogP contribution in [-0.2, 0) is 13.0 Å². The summed E-state index contributed by atoms with van der Waals surface area (Å²) in [5, 5.41) is 3.53. The molecule has 2 heteroatoms. The van der Waals surface area contributed by atoms with E-state index in [-0.39, 0.29) is 0 Å². The highest BCUT2D eigenvalue weighted by Gasteiger charge is 2.11. The van der Waals surface area contributed by atoms with Crippen molar-refractivity contribution in [1.82, 2.24) is 5.32 Å². The van der Waals surface area contributed by atoms with Gasteiger partial charge >= 0.3 is 0 Å². The van der Waals surface area contributed by atoms with Crippen molar-refractivity contribution >= 4 is 0 Å². The summed E-state index contributed by atoms with van der Waals surface area (Å²) in [5.41, 5.74) is 2.75. The molecule has 0 fully saturated rings. The maximum absolute atomic E-state index is 5.51. The number of ether oxygens (including phenoxy) is 1. The van der Waals surface area contributed by atoms with E-state index in [1.807, 2.05) is 0 Å². The number of hydrogen-bond donors (Lipinski definition) is 1. The molecule has 0 spiro atoms. The minimum Gasteiger partial charge on any atom is -0.493 e. The Labute approximate surface area is 111 Å². The lowest BCUT2D eigenvalue weighted by molar-refractivity contribution is 0.357. The van der Waals surface area contributed by atoms with Crippen molar-refractivity contribution in [2.45, 2.75) is 46.1 Å². The third-order valence-corrected chi connectivity index (χ3v) is 3.47. The zero-order valence-corrected chi connectivity index (χ0v) is 11.7. The molecule has 0 saturated heterocycles. The van der Waals surface area contributed by atoms with Gasteiger partial charge in [-0.15, -0.1) is 0 Å². The van der Waals surface area contributed by atoms with Crippen LogP contribution < -0.4 is 10.1 Å². The predicted octanol–water partition coefficient (Wildman–Crippen LogP) is 3.54. The summed E-state index contributed by atoms with van der Waals surface area (Å²) in [5.74, 6) is 1.91. The minimum atomic E-state index is 0.835. The third-order valence-electron chi connectivity index (χ3n) is 3.47. The summed E-state index contributed by atoms with van der Waals surface area (Å²) < 4.78 is 5.51. The van der Waals surface area contributed by atoms with Crippen LogP contribution in [0.25, 0.3) is 0 Å². The molecule has 100 valence electrons. The van der Waals surface area contributed by atoms with Crippen LogP contribution in [0.1, 0.15) is 44.2 Å². The summed E-state index contributed by atoms with van der Waals surface area (Å²) >= 11 is 0. The van der Waals surface area contributed by atoms with E-state index in [9.17, 15) is 0 Å². The maximum Gasteiger partial charge on any atom is 0.122 e. The second-order valence-corrected chi connectivity index (χ2v) is 5.61. The van der Waals surface area contributed by atoms with E-state index in [0.717, 1.165) is 37.8 Å². The van der Waals surface area contributed by atoms with E-state index in [2.05, 4.69) is 37.4 Å². The quantitative estimate of drug-likeness (QED) is 0.744. The summed E-state index contributed by atoms with van der Waals surface area (Å²) in [7, 11) is 0. The molecule has 1 aromatic carbocycles. The lowest BCUT2D eigenvalue weighted by Gasteiger charge is -2.07. The van der Waals surface area contributed by atoms with Gasteiger partial charge < -0.3 is 10.1 Å². The lowest BCUT2D eigenvalue weighted by atomic mass is 10.1. The summed E-state index contributed by atoms with van der Waals surface area (Å²) in [6, 6.07) is 6.56. The van der Waals surface area contributed by atoms with E-state index in [4.69, 9.17) is 4.74 Å². The van der Waals surface area contributed by atoms with Gasteiger partial charge in [0.05, 0.1) is 6.61 Å². The first-order valence-corrected chi connectivity index (χ1v) is 7.21. The van der Waals surface area contributed by atoms with Crippen molar-refractivity contribution < 1.29 is 4.74 Å². The highest BCUT2D eigenvalue weighted by molar-refractivity contribution is 5.39. The summed E-state index contributed by atoms with van der Waals surface area (Å²) in [6.45, 7) is 7.54. The molecule has 1 aliphatic rings. The fourth-order valence-corrected chi connectivity index (χ4v) is 2.39. The van der Waals surface area contributed by atoms with Gasteiger partial charge in [-0.25, -0.2) is 0 Å². The van der Waals surface area contributed by atoms with Crippen LogP contribution in [0.5, 0.6) is 5.75 Å². The van der Waals surface area contributed by atoms with E-state index in [0.29, 0.717) is 0 Å². The monoisotopic (exact) mass is 247 g/mol. The van der Waals surface area contributed by atoms with Crippen molar-refractivity contribution in [1.29, 1.82) is 0 Å². The summed E-state index contributed by atoms with van der Waals surface area (Å²) in [6.07, 6.45) is 5.03. The highest BCUT2D eigenvalue weighted by Crippen LogP contribution is 2.25. The Morgan fingerprint density at radius 1 is 1.28 bits per heavy atom. The van der Waals surface area contributed by atoms with Crippen LogP contribution in [0, 0.1) is 5.92 Å². The molecule has 0 amide bonds. The molecular weight excluding hydrogens is 222 g/mol. The van der Waals surface area contributed by atoms with Crippen LogP contribution in [0.2, 0.25) is 0 Å². The van der Waals surface area contributed by atoms with Gasteiger partial charge in [-0.05, 0) is 36.1 Å². The van der Waals surface area contributed by atoms with Crippen LogP contribution in [-0.4, -0.2) is 13.2 Å². The molecule has 0 aromatic heterocycles. The van der Waals surface area contributed by atoms with Crippen LogP contribution in [0.15, 0.2) is 18.2 Å². The molecule has 0 atom stereocenters. The molecule has 1 aromatic rings. The third kappa shape index (κ3) is 4.02. The molecule has 0 saturated carbocycles. The van der Waals surface area contributed by atoms with Gasteiger partial charge in [-0.1, -0.05) is 38.8 Å². The Morgan fingerprint density at radius 3 is 3.00 bits per heavy atom. The van der Waals surface area contributed by atoms with E-state index < -0.39 is 0 Å². The van der Waals surface area contributed by atoms with Crippen molar-refractivity contribution in [3.8, 4) is 5.75 Å². The Balaban J connectivity index is 1.65. The molecule has 0 radical (unpaired) electrons. The highest BCUT2D eigenvalue weighted by atomic mass is 16.5. The topological polar surface area (TPSA) is 21.3 Å². The largest absolute Gasteiger partial charge is 0.493 e. The number of fused-ring (bicyclic) bond motifs is 1. The van der Waals surface area contributed by atoms with Gasteiger partial charge in [0, 0.05) is 13.0 Å². The zero-order valence-electron chi connectivity index (χ0n) is 11.7. The first-order chi connectivity index (χ1) is 8.75. The Kier molecular flexibility index (Phi) is 5.06. The lowest BCUT2D eigenvalue weighted by Crippen LogP contribution is -2.14. The molecule has 0 aliphatic carbocycles. The van der Waals surface area contributed by atoms with Gasteiger partial charge in [0.1, 0.15) is 5.75 Å². The Morgan fingerprint density at radius 2 is 2.17 bits per heavy atom. The van der Waals surface area contributed by atoms with Gasteiger partial charge in [0.25, 0.3) is 0 Å². The van der Waals surface area contributed by atoms with E-state index >= 15 is 0 Å². The molecular formula is C16H25NO. The fraction of sp³-hybridized carbons (Fsp3) is 0.625. The van der Waals surface area contributed by atoms with Crippen molar-refractivity contribution in [2.24, 2.45) is 5.92 Å².